The van der Waals surface area contributed by atoms with E-state index in [1.165, 1.54) is 17.7 Å². The van der Waals surface area contributed by atoms with E-state index in [9.17, 15) is 4.39 Å². The molecule has 0 atom stereocenters. The Balaban J connectivity index is 0.000000265. The highest BCUT2D eigenvalue weighted by atomic mass is 19.1. The first-order chi connectivity index (χ1) is 8.33. The van der Waals surface area contributed by atoms with Crippen molar-refractivity contribution in [1.82, 2.24) is 0 Å². The van der Waals surface area contributed by atoms with Crippen LogP contribution < -0.4 is 0 Å². The second-order valence-electron chi connectivity index (χ2n) is 2.91. The van der Waals surface area contributed by atoms with E-state index in [4.69, 9.17) is 0 Å². The highest BCUT2D eigenvalue weighted by molar-refractivity contribution is 5.45. The first-order valence-corrected chi connectivity index (χ1v) is 5.21. The molecule has 0 aromatic heterocycles. The third kappa shape index (κ3) is 7.74. The summed E-state index contributed by atoms with van der Waals surface area (Å²) in [5, 5.41) is 0. The quantitative estimate of drug-likeness (QED) is 0.605. The standard InChI is InChI=1S/C8H8.C6H5F.C2H4/c1-2-8-6-4-3-5-7-8;7-6-4-2-1-3-5-6;1-2/h2-7H,1H2;1-5H;1-2H2. The van der Waals surface area contributed by atoms with Gasteiger partial charge in [0.1, 0.15) is 5.82 Å². The molecule has 0 saturated heterocycles. The Bertz CT molecular complexity index is 392. The van der Waals surface area contributed by atoms with Crippen molar-refractivity contribution in [2.45, 2.75) is 0 Å². The van der Waals surface area contributed by atoms with Crippen molar-refractivity contribution in [2.75, 3.05) is 0 Å². The summed E-state index contributed by atoms with van der Waals surface area (Å²) >= 11 is 0. The molecule has 1 heteroatoms. The van der Waals surface area contributed by atoms with Gasteiger partial charge in [0, 0.05) is 0 Å². The summed E-state index contributed by atoms with van der Waals surface area (Å²) in [6, 6.07) is 18.0. The van der Waals surface area contributed by atoms with Gasteiger partial charge in [-0.25, -0.2) is 4.39 Å². The van der Waals surface area contributed by atoms with Crippen molar-refractivity contribution in [2.24, 2.45) is 0 Å². The molecule has 2 rings (SSSR count). The molecule has 0 nitrogen and oxygen atoms in total. The SMILES string of the molecule is C=C.C=Cc1ccccc1.Fc1ccccc1. The summed E-state index contributed by atoms with van der Waals surface area (Å²) in [4.78, 5) is 0. The van der Waals surface area contributed by atoms with E-state index in [0.29, 0.717) is 0 Å². The Morgan fingerprint density at radius 2 is 1.18 bits per heavy atom. The van der Waals surface area contributed by atoms with Gasteiger partial charge in [0.2, 0.25) is 0 Å². The average molecular weight is 228 g/mol. The number of benzene rings is 2. The minimum absolute atomic E-state index is 0.178. The van der Waals surface area contributed by atoms with Gasteiger partial charge >= 0.3 is 0 Å². The molecule has 0 N–H and O–H groups in total. The Morgan fingerprint density at radius 1 is 0.765 bits per heavy atom. The Hall–Kier alpha value is -2.15. The second-order valence-corrected chi connectivity index (χ2v) is 2.91. The van der Waals surface area contributed by atoms with Crippen LogP contribution >= 0.6 is 0 Å². The van der Waals surface area contributed by atoms with Crippen LogP contribution in [0.25, 0.3) is 6.08 Å². The smallest absolute Gasteiger partial charge is 0.123 e. The van der Waals surface area contributed by atoms with Crippen LogP contribution in [0.1, 0.15) is 5.56 Å². The molecule has 0 heterocycles. The average Bonchev–Trinajstić information content (AvgIpc) is 2.43. The van der Waals surface area contributed by atoms with Gasteiger partial charge in [-0.1, -0.05) is 61.2 Å². The number of hydrogen-bond acceptors (Lipinski definition) is 0. The molecule has 2 aromatic carbocycles. The summed E-state index contributed by atoms with van der Waals surface area (Å²) in [6.07, 6.45) is 1.83. The Kier molecular flexibility index (Phi) is 9.06. The molecule has 0 bridgehead atoms. The Labute approximate surface area is 103 Å². The summed E-state index contributed by atoms with van der Waals surface area (Å²) in [5.41, 5.74) is 1.17. The zero-order valence-corrected chi connectivity index (χ0v) is 9.85. The van der Waals surface area contributed by atoms with Crippen molar-refractivity contribution in [3.63, 3.8) is 0 Å². The van der Waals surface area contributed by atoms with E-state index in [1.807, 2.05) is 36.4 Å². The molecule has 17 heavy (non-hydrogen) atoms. The predicted molar refractivity (Wildman–Crippen MR) is 74.2 cm³/mol. The number of hydrogen-bond donors (Lipinski definition) is 0. The van der Waals surface area contributed by atoms with Crippen molar-refractivity contribution in [1.29, 1.82) is 0 Å². The number of halogens is 1. The lowest BCUT2D eigenvalue weighted by Gasteiger charge is -1.85. The van der Waals surface area contributed by atoms with Crippen molar-refractivity contribution in [3.8, 4) is 0 Å². The molecule has 88 valence electrons. The molecule has 0 aliphatic rings. The van der Waals surface area contributed by atoms with Gasteiger partial charge in [-0.15, -0.1) is 13.2 Å². The molecule has 0 aliphatic carbocycles. The maximum Gasteiger partial charge on any atom is 0.123 e. The zero-order valence-electron chi connectivity index (χ0n) is 9.85. The maximum absolute atomic E-state index is 11.9. The van der Waals surface area contributed by atoms with E-state index < -0.39 is 0 Å². The Morgan fingerprint density at radius 3 is 1.41 bits per heavy atom. The van der Waals surface area contributed by atoms with Gasteiger partial charge in [-0.2, -0.15) is 0 Å². The van der Waals surface area contributed by atoms with E-state index in [1.54, 1.807) is 18.2 Å². The predicted octanol–water partition coefficient (Wildman–Crippen LogP) is 4.96. The molecule has 2 aromatic rings. The summed E-state index contributed by atoms with van der Waals surface area (Å²) in [5.74, 6) is -0.178. The van der Waals surface area contributed by atoms with Gasteiger partial charge in [0.15, 0.2) is 0 Å². The normalized spacial score (nSPS) is 7.82. The molecule has 0 fully saturated rings. The van der Waals surface area contributed by atoms with Crippen LogP contribution in [0.15, 0.2) is 80.4 Å². The third-order valence-electron chi connectivity index (χ3n) is 1.77. The van der Waals surface area contributed by atoms with Gasteiger partial charge in [0.05, 0.1) is 0 Å². The molecular weight excluding hydrogens is 211 g/mol. The summed E-state index contributed by atoms with van der Waals surface area (Å²) in [7, 11) is 0. The molecule has 0 aliphatic heterocycles. The topological polar surface area (TPSA) is 0 Å². The number of rotatable bonds is 1. The van der Waals surface area contributed by atoms with Crippen molar-refractivity contribution < 1.29 is 4.39 Å². The molecule has 0 unspecified atom stereocenters. The minimum atomic E-state index is -0.178. The second kappa shape index (κ2) is 10.4. The molecule has 0 saturated carbocycles. The van der Waals surface area contributed by atoms with Crippen LogP contribution in [0.3, 0.4) is 0 Å². The monoisotopic (exact) mass is 228 g/mol. The largest absolute Gasteiger partial charge is 0.207 e. The van der Waals surface area contributed by atoms with Crippen molar-refractivity contribution in [3.05, 3.63) is 91.8 Å². The van der Waals surface area contributed by atoms with Crippen LogP contribution in [0.4, 0.5) is 4.39 Å². The van der Waals surface area contributed by atoms with Crippen LogP contribution in [0.2, 0.25) is 0 Å². The van der Waals surface area contributed by atoms with Gasteiger partial charge in [-0.05, 0) is 17.7 Å². The highest BCUT2D eigenvalue weighted by Crippen LogP contribution is 1.97. The van der Waals surface area contributed by atoms with Crippen LogP contribution in [0, 0.1) is 5.82 Å². The van der Waals surface area contributed by atoms with Gasteiger partial charge in [0.25, 0.3) is 0 Å². The maximum atomic E-state index is 11.9. The zero-order chi connectivity index (χ0) is 12.9. The lowest BCUT2D eigenvalue weighted by atomic mass is 10.2. The highest BCUT2D eigenvalue weighted by Gasteiger charge is 1.77. The first-order valence-electron chi connectivity index (χ1n) is 5.21. The fraction of sp³-hybridized carbons (Fsp3) is 0. The fourth-order valence-electron chi connectivity index (χ4n) is 1.00. The summed E-state index contributed by atoms with van der Waals surface area (Å²) in [6.45, 7) is 9.63. The lowest BCUT2D eigenvalue weighted by Crippen LogP contribution is -1.63. The van der Waals surface area contributed by atoms with Crippen LogP contribution in [-0.2, 0) is 0 Å². The lowest BCUT2D eigenvalue weighted by molar-refractivity contribution is 0.628. The van der Waals surface area contributed by atoms with Crippen molar-refractivity contribution >= 4 is 6.08 Å². The fourth-order valence-corrected chi connectivity index (χ4v) is 1.00. The van der Waals surface area contributed by atoms with E-state index in [2.05, 4.69) is 19.7 Å². The molecular formula is C16H17F. The molecule has 0 radical (unpaired) electrons. The third-order valence-corrected chi connectivity index (χ3v) is 1.77. The van der Waals surface area contributed by atoms with E-state index >= 15 is 0 Å². The van der Waals surface area contributed by atoms with Gasteiger partial charge in [-0.3, -0.25) is 0 Å². The van der Waals surface area contributed by atoms with E-state index in [-0.39, 0.29) is 5.82 Å². The molecule has 0 spiro atoms. The minimum Gasteiger partial charge on any atom is -0.207 e. The summed E-state index contributed by atoms with van der Waals surface area (Å²) < 4.78 is 11.9. The van der Waals surface area contributed by atoms with E-state index in [0.717, 1.165) is 0 Å². The molecule has 0 amide bonds. The van der Waals surface area contributed by atoms with Crippen LogP contribution in [-0.4, -0.2) is 0 Å². The van der Waals surface area contributed by atoms with Gasteiger partial charge < -0.3 is 0 Å². The van der Waals surface area contributed by atoms with Crippen LogP contribution in [0.5, 0.6) is 0 Å². The first kappa shape index (κ1) is 14.8.